The molecule has 114 valence electrons. The molecule has 2 aliphatic heterocycles. The first-order valence-electron chi connectivity index (χ1n) is 7.70. The third-order valence-corrected chi connectivity index (χ3v) is 4.58. The van der Waals surface area contributed by atoms with E-state index in [9.17, 15) is 4.79 Å². The number of para-hydroxylation sites is 2. The molecule has 1 saturated heterocycles. The molecule has 2 unspecified atom stereocenters. The molecule has 0 aromatic heterocycles. The topological polar surface area (TPSA) is 47.6 Å². The summed E-state index contributed by atoms with van der Waals surface area (Å²) in [4.78, 5) is 16.8. The van der Waals surface area contributed by atoms with Crippen LogP contribution in [0.5, 0.6) is 0 Å². The van der Waals surface area contributed by atoms with Crippen molar-refractivity contribution in [1.82, 2.24) is 9.80 Å². The smallest absolute Gasteiger partial charge is 0.246 e. The van der Waals surface area contributed by atoms with Crippen molar-refractivity contribution in [1.29, 1.82) is 0 Å². The summed E-state index contributed by atoms with van der Waals surface area (Å²) in [7, 11) is 4.06. The minimum Gasteiger partial charge on any atom is -0.381 e. The summed E-state index contributed by atoms with van der Waals surface area (Å²) in [6.07, 6.45) is 2.42. The van der Waals surface area contributed by atoms with Gasteiger partial charge in [-0.15, -0.1) is 0 Å². The van der Waals surface area contributed by atoms with Gasteiger partial charge >= 0.3 is 0 Å². The summed E-state index contributed by atoms with van der Waals surface area (Å²) in [6, 6.07) is 8.33. The van der Waals surface area contributed by atoms with Crippen molar-refractivity contribution in [2.24, 2.45) is 0 Å². The molecule has 0 saturated carbocycles. The van der Waals surface area contributed by atoms with Gasteiger partial charge in [0.1, 0.15) is 6.04 Å². The van der Waals surface area contributed by atoms with Crippen molar-refractivity contribution >= 4 is 17.3 Å². The van der Waals surface area contributed by atoms with E-state index in [1.165, 1.54) is 12.8 Å². The fourth-order valence-electron chi connectivity index (χ4n) is 3.25. The number of hydrogen-bond donors (Lipinski definition) is 2. The van der Waals surface area contributed by atoms with Gasteiger partial charge in [-0.1, -0.05) is 12.1 Å². The highest BCUT2D eigenvalue weighted by Crippen LogP contribution is 2.25. The van der Waals surface area contributed by atoms with Gasteiger partial charge in [0, 0.05) is 26.2 Å². The van der Waals surface area contributed by atoms with Crippen molar-refractivity contribution in [3.63, 3.8) is 0 Å². The molecule has 5 nitrogen and oxygen atoms in total. The average Bonchev–Trinajstić information content (AvgIpc) is 2.91. The number of likely N-dealkylation sites (tertiary alicyclic amines) is 1. The van der Waals surface area contributed by atoms with Gasteiger partial charge in [0.15, 0.2) is 0 Å². The molecule has 0 aliphatic carbocycles. The van der Waals surface area contributed by atoms with Crippen LogP contribution in [0, 0.1) is 0 Å². The molecule has 3 rings (SSSR count). The van der Waals surface area contributed by atoms with Crippen molar-refractivity contribution in [3.05, 3.63) is 24.3 Å². The molecule has 2 aliphatic rings. The number of nitrogens with zero attached hydrogens (tertiary/aromatic N) is 2. The zero-order chi connectivity index (χ0) is 14.8. The first-order chi connectivity index (χ1) is 10.1. The maximum atomic E-state index is 12.6. The third kappa shape index (κ3) is 2.97. The number of benzene rings is 1. The highest BCUT2D eigenvalue weighted by atomic mass is 16.2. The van der Waals surface area contributed by atoms with E-state index in [-0.39, 0.29) is 11.9 Å². The van der Waals surface area contributed by atoms with Gasteiger partial charge in [0.2, 0.25) is 5.91 Å². The molecule has 1 aromatic carbocycles. The Bertz CT molecular complexity index is 519. The van der Waals surface area contributed by atoms with Crippen molar-refractivity contribution < 1.29 is 4.79 Å². The number of likely N-dealkylation sites (N-methyl/N-ethyl adjacent to an activating group) is 2. The van der Waals surface area contributed by atoms with Crippen LogP contribution < -0.4 is 10.6 Å². The van der Waals surface area contributed by atoms with Gasteiger partial charge in [-0.05, 0) is 38.6 Å². The summed E-state index contributed by atoms with van der Waals surface area (Å²) in [5, 5.41) is 6.68. The molecule has 21 heavy (non-hydrogen) atoms. The summed E-state index contributed by atoms with van der Waals surface area (Å²) >= 11 is 0. The van der Waals surface area contributed by atoms with Crippen molar-refractivity contribution in [2.45, 2.75) is 24.9 Å². The van der Waals surface area contributed by atoms with E-state index in [1.54, 1.807) is 0 Å². The minimum atomic E-state index is -0.184. The number of hydrogen-bond acceptors (Lipinski definition) is 4. The van der Waals surface area contributed by atoms with Crippen LogP contribution in [0.15, 0.2) is 24.3 Å². The Labute approximate surface area is 126 Å². The standard InChI is InChI=1S/C16H24N4O/c1-19-9-5-6-12(19)11-20(2)16(21)15-10-17-13-7-3-4-8-14(13)18-15/h3-4,7-8,12,15,17-18H,5-6,9-11H2,1-2H3. The maximum absolute atomic E-state index is 12.6. The maximum Gasteiger partial charge on any atom is 0.246 e. The Morgan fingerprint density at radius 3 is 2.86 bits per heavy atom. The largest absolute Gasteiger partial charge is 0.381 e. The van der Waals surface area contributed by atoms with Gasteiger partial charge in [0.05, 0.1) is 11.4 Å². The number of rotatable bonds is 3. The van der Waals surface area contributed by atoms with E-state index < -0.39 is 0 Å². The zero-order valence-electron chi connectivity index (χ0n) is 12.8. The Kier molecular flexibility index (Phi) is 4.01. The number of fused-ring (bicyclic) bond motifs is 1. The Morgan fingerprint density at radius 2 is 2.14 bits per heavy atom. The minimum absolute atomic E-state index is 0.164. The highest BCUT2D eigenvalue weighted by molar-refractivity contribution is 5.88. The van der Waals surface area contributed by atoms with Gasteiger partial charge in [0.25, 0.3) is 0 Å². The van der Waals surface area contributed by atoms with Crippen LogP contribution in [-0.2, 0) is 4.79 Å². The van der Waals surface area contributed by atoms with Crippen LogP contribution in [0.25, 0.3) is 0 Å². The average molecular weight is 288 g/mol. The SMILES string of the molecule is CN(CC1CCCN1C)C(=O)C1CNc2ccccc2N1. The quantitative estimate of drug-likeness (QED) is 0.884. The molecule has 1 fully saturated rings. The monoisotopic (exact) mass is 288 g/mol. The van der Waals surface area contributed by atoms with Gasteiger partial charge < -0.3 is 20.4 Å². The predicted molar refractivity (Wildman–Crippen MR) is 85.6 cm³/mol. The van der Waals surface area contributed by atoms with E-state index in [4.69, 9.17) is 0 Å². The molecule has 0 bridgehead atoms. The van der Waals surface area contributed by atoms with Gasteiger partial charge in [-0.25, -0.2) is 0 Å². The first kappa shape index (κ1) is 14.2. The highest BCUT2D eigenvalue weighted by Gasteiger charge is 2.29. The lowest BCUT2D eigenvalue weighted by Gasteiger charge is -2.32. The molecule has 0 spiro atoms. The number of amides is 1. The first-order valence-corrected chi connectivity index (χ1v) is 7.70. The number of anilines is 2. The van der Waals surface area contributed by atoms with Crippen LogP contribution in [0.1, 0.15) is 12.8 Å². The lowest BCUT2D eigenvalue weighted by atomic mass is 10.1. The number of carbonyl (C=O) groups is 1. The summed E-state index contributed by atoms with van der Waals surface area (Å²) < 4.78 is 0. The van der Waals surface area contributed by atoms with Gasteiger partial charge in [-0.2, -0.15) is 0 Å². The second kappa shape index (κ2) is 5.93. The second-order valence-electron chi connectivity index (χ2n) is 6.12. The molecule has 2 heterocycles. The van der Waals surface area contributed by atoms with E-state index in [1.807, 2.05) is 36.2 Å². The summed E-state index contributed by atoms with van der Waals surface area (Å²) in [6.45, 7) is 2.60. The fraction of sp³-hybridized carbons (Fsp3) is 0.562. The molecule has 1 amide bonds. The van der Waals surface area contributed by atoms with Crippen molar-refractivity contribution in [2.75, 3.05) is 44.4 Å². The zero-order valence-corrected chi connectivity index (χ0v) is 12.8. The van der Waals surface area contributed by atoms with E-state index in [0.29, 0.717) is 12.6 Å². The van der Waals surface area contributed by atoms with Crippen molar-refractivity contribution in [3.8, 4) is 0 Å². The summed E-state index contributed by atoms with van der Waals surface area (Å²) in [5.41, 5.74) is 2.08. The molecular weight excluding hydrogens is 264 g/mol. The lowest BCUT2D eigenvalue weighted by Crippen LogP contribution is -2.49. The lowest BCUT2D eigenvalue weighted by molar-refractivity contribution is -0.131. The third-order valence-electron chi connectivity index (χ3n) is 4.58. The van der Waals surface area contributed by atoms with E-state index in [2.05, 4.69) is 22.6 Å². The van der Waals surface area contributed by atoms with Crippen LogP contribution in [0.4, 0.5) is 11.4 Å². The van der Waals surface area contributed by atoms with E-state index >= 15 is 0 Å². The Balaban J connectivity index is 1.60. The van der Waals surface area contributed by atoms with Gasteiger partial charge in [-0.3, -0.25) is 4.79 Å². The normalized spacial score (nSPS) is 24.9. The second-order valence-corrected chi connectivity index (χ2v) is 6.12. The van der Waals surface area contributed by atoms with E-state index in [0.717, 1.165) is 24.5 Å². The number of carbonyl (C=O) groups excluding carboxylic acids is 1. The van der Waals surface area contributed by atoms with Crippen LogP contribution >= 0.6 is 0 Å². The predicted octanol–water partition coefficient (Wildman–Crippen LogP) is 1.45. The molecule has 2 atom stereocenters. The molecule has 0 radical (unpaired) electrons. The van der Waals surface area contributed by atoms with Crippen LogP contribution in [-0.4, -0.2) is 61.5 Å². The fourth-order valence-corrected chi connectivity index (χ4v) is 3.25. The Morgan fingerprint density at radius 1 is 1.38 bits per heavy atom. The number of nitrogens with one attached hydrogen (secondary N) is 2. The van der Waals surface area contributed by atoms with Crippen LogP contribution in [0.2, 0.25) is 0 Å². The molecule has 5 heteroatoms. The molecular formula is C16H24N4O. The summed E-state index contributed by atoms with van der Waals surface area (Å²) in [5.74, 6) is 0.164. The Hall–Kier alpha value is -1.75. The molecule has 2 N–H and O–H groups in total. The van der Waals surface area contributed by atoms with Crippen LogP contribution in [0.3, 0.4) is 0 Å². The molecule has 1 aromatic rings.